The van der Waals surface area contributed by atoms with Crippen molar-refractivity contribution in [2.75, 3.05) is 5.73 Å². The normalized spacial score (nSPS) is 10.9. The molecule has 2 heterocycles. The average molecular weight is 246 g/mol. The average Bonchev–Trinajstić information content (AvgIpc) is 2.69. The van der Waals surface area contributed by atoms with Gasteiger partial charge in [-0.2, -0.15) is 0 Å². The van der Waals surface area contributed by atoms with Crippen LogP contribution in [0.5, 0.6) is 0 Å². The zero-order valence-corrected chi connectivity index (χ0v) is 9.46. The minimum absolute atomic E-state index is 0.267. The molecule has 84 valence electrons. The van der Waals surface area contributed by atoms with Crippen LogP contribution < -0.4 is 5.73 Å². The summed E-state index contributed by atoms with van der Waals surface area (Å²) in [6.45, 7) is 0. The fourth-order valence-corrected chi connectivity index (χ4v) is 1.67. The van der Waals surface area contributed by atoms with E-state index in [2.05, 4.69) is 15.1 Å². The Labute approximate surface area is 102 Å². The number of halogens is 1. The third-order valence-electron chi connectivity index (χ3n) is 2.38. The van der Waals surface area contributed by atoms with E-state index in [9.17, 15) is 0 Å². The molecule has 0 spiro atoms. The lowest BCUT2D eigenvalue weighted by Crippen LogP contribution is -2.02. The molecule has 0 aliphatic carbocycles. The summed E-state index contributed by atoms with van der Waals surface area (Å²) in [5.41, 5.74) is 6.42. The second kappa shape index (κ2) is 3.71. The molecule has 0 saturated heterocycles. The lowest BCUT2D eigenvalue weighted by molar-refractivity contribution is 0.820. The van der Waals surface area contributed by atoms with Crippen LogP contribution in [0.2, 0.25) is 5.02 Å². The number of rotatable bonds is 1. The van der Waals surface area contributed by atoms with Gasteiger partial charge in [0.2, 0.25) is 0 Å². The number of para-hydroxylation sites is 1. The van der Waals surface area contributed by atoms with E-state index in [0.29, 0.717) is 11.0 Å². The van der Waals surface area contributed by atoms with Gasteiger partial charge in [0.05, 0.1) is 11.7 Å². The summed E-state index contributed by atoms with van der Waals surface area (Å²) >= 11 is 5.83. The van der Waals surface area contributed by atoms with Crippen molar-refractivity contribution in [3.8, 4) is 5.95 Å². The van der Waals surface area contributed by atoms with Crippen molar-refractivity contribution in [2.45, 2.75) is 0 Å². The Hall–Kier alpha value is -2.14. The summed E-state index contributed by atoms with van der Waals surface area (Å²) in [6.07, 6.45) is 3.32. The molecule has 5 nitrogen and oxygen atoms in total. The number of hydrogen-bond acceptors (Lipinski definition) is 4. The highest BCUT2D eigenvalue weighted by Crippen LogP contribution is 2.18. The van der Waals surface area contributed by atoms with Crippen LogP contribution in [0.4, 0.5) is 5.82 Å². The molecule has 1 aromatic carbocycles. The molecule has 2 N–H and O–H groups in total. The quantitative estimate of drug-likeness (QED) is 0.712. The molecule has 0 unspecified atom stereocenters. The molecule has 2 aromatic heterocycles. The third-order valence-corrected chi connectivity index (χ3v) is 2.67. The van der Waals surface area contributed by atoms with E-state index in [-0.39, 0.29) is 5.82 Å². The molecule has 0 aliphatic rings. The van der Waals surface area contributed by atoms with Crippen LogP contribution in [0.15, 0.2) is 36.7 Å². The van der Waals surface area contributed by atoms with Crippen molar-refractivity contribution in [1.29, 1.82) is 0 Å². The molecular formula is C11H8ClN5. The van der Waals surface area contributed by atoms with E-state index in [0.717, 1.165) is 10.9 Å². The molecule has 0 aliphatic heterocycles. The van der Waals surface area contributed by atoms with Gasteiger partial charge in [-0.3, -0.25) is 0 Å². The van der Waals surface area contributed by atoms with E-state index in [1.165, 1.54) is 4.68 Å². The number of nitrogen functional groups attached to an aromatic ring is 1. The van der Waals surface area contributed by atoms with Crippen LogP contribution in [-0.2, 0) is 0 Å². The minimum Gasteiger partial charge on any atom is -0.381 e. The Morgan fingerprint density at radius 2 is 2.06 bits per heavy atom. The first kappa shape index (κ1) is 10.0. The largest absolute Gasteiger partial charge is 0.381 e. The van der Waals surface area contributed by atoms with Crippen LogP contribution in [0.1, 0.15) is 0 Å². The van der Waals surface area contributed by atoms with Crippen molar-refractivity contribution in [2.24, 2.45) is 0 Å². The number of anilines is 1. The first-order chi connectivity index (χ1) is 8.24. The maximum Gasteiger partial charge on any atom is 0.251 e. The summed E-state index contributed by atoms with van der Waals surface area (Å²) in [7, 11) is 0. The summed E-state index contributed by atoms with van der Waals surface area (Å²) in [5.74, 6) is 0.714. The fraction of sp³-hybridized carbons (Fsp3) is 0. The second-order valence-corrected chi connectivity index (χ2v) is 3.94. The van der Waals surface area contributed by atoms with Gasteiger partial charge >= 0.3 is 0 Å². The molecular weight excluding hydrogens is 238 g/mol. The smallest absolute Gasteiger partial charge is 0.251 e. The predicted molar refractivity (Wildman–Crippen MR) is 66.1 cm³/mol. The van der Waals surface area contributed by atoms with Gasteiger partial charge in [0.15, 0.2) is 5.82 Å². The first-order valence-electron chi connectivity index (χ1n) is 4.97. The number of benzene rings is 1. The van der Waals surface area contributed by atoms with Crippen LogP contribution in [0.25, 0.3) is 16.9 Å². The Kier molecular flexibility index (Phi) is 2.19. The van der Waals surface area contributed by atoms with Gasteiger partial charge in [0.25, 0.3) is 5.95 Å². The van der Waals surface area contributed by atoms with Gasteiger partial charge < -0.3 is 5.73 Å². The van der Waals surface area contributed by atoms with Gasteiger partial charge in [-0.1, -0.05) is 29.8 Å². The lowest BCUT2D eigenvalue weighted by Gasteiger charge is -2.00. The molecule has 6 heteroatoms. The molecule has 0 saturated carbocycles. The zero-order chi connectivity index (χ0) is 11.8. The number of nitrogens with two attached hydrogens (primary N) is 1. The van der Waals surface area contributed by atoms with Crippen LogP contribution in [0.3, 0.4) is 0 Å². The van der Waals surface area contributed by atoms with E-state index >= 15 is 0 Å². The van der Waals surface area contributed by atoms with Gasteiger partial charge in [-0.15, -0.1) is 5.10 Å². The van der Waals surface area contributed by atoms with E-state index < -0.39 is 0 Å². The number of fused-ring (bicyclic) bond motifs is 1. The van der Waals surface area contributed by atoms with Crippen molar-refractivity contribution in [1.82, 2.24) is 19.7 Å². The molecule has 3 rings (SSSR count). The van der Waals surface area contributed by atoms with Gasteiger partial charge in [-0.05, 0) is 6.07 Å². The van der Waals surface area contributed by atoms with Crippen molar-refractivity contribution < 1.29 is 0 Å². The molecule has 17 heavy (non-hydrogen) atoms. The number of hydrogen-bond donors (Lipinski definition) is 1. The Balaban J connectivity index is 2.17. The molecule has 0 atom stereocenters. The molecule has 0 fully saturated rings. The molecule has 0 bridgehead atoms. The highest BCUT2D eigenvalue weighted by Gasteiger charge is 2.07. The monoisotopic (exact) mass is 245 g/mol. The molecule has 3 aromatic rings. The fourth-order valence-electron chi connectivity index (χ4n) is 1.54. The predicted octanol–water partition coefficient (Wildman–Crippen LogP) is 2.05. The van der Waals surface area contributed by atoms with Crippen LogP contribution in [0, 0.1) is 0 Å². The Bertz CT molecular complexity index is 672. The van der Waals surface area contributed by atoms with Gasteiger partial charge in [-0.25, -0.2) is 14.6 Å². The van der Waals surface area contributed by atoms with Gasteiger partial charge in [0, 0.05) is 11.6 Å². The summed E-state index contributed by atoms with van der Waals surface area (Å²) in [4.78, 5) is 8.58. The minimum atomic E-state index is 0.267. The van der Waals surface area contributed by atoms with E-state index in [4.69, 9.17) is 17.3 Å². The topological polar surface area (TPSA) is 69.6 Å². The second-order valence-electron chi connectivity index (χ2n) is 3.54. The summed E-state index contributed by atoms with van der Waals surface area (Å²) in [5, 5.41) is 5.39. The SMILES string of the molecule is Nc1nn(-c2ncc3ccccc3n2)cc1Cl. The van der Waals surface area contributed by atoms with Crippen LogP contribution >= 0.6 is 11.6 Å². The molecule has 0 radical (unpaired) electrons. The van der Waals surface area contributed by atoms with Crippen molar-refractivity contribution in [3.05, 3.63) is 41.7 Å². The summed E-state index contributed by atoms with van der Waals surface area (Å²) in [6, 6.07) is 7.72. The Morgan fingerprint density at radius 1 is 1.24 bits per heavy atom. The van der Waals surface area contributed by atoms with Gasteiger partial charge in [0.1, 0.15) is 5.02 Å². The maximum absolute atomic E-state index is 5.83. The zero-order valence-electron chi connectivity index (χ0n) is 8.71. The molecule has 0 amide bonds. The highest BCUT2D eigenvalue weighted by atomic mass is 35.5. The Morgan fingerprint density at radius 3 is 2.82 bits per heavy atom. The third kappa shape index (κ3) is 1.70. The highest BCUT2D eigenvalue weighted by molar-refractivity contribution is 6.32. The van der Waals surface area contributed by atoms with E-state index in [1.807, 2.05) is 24.3 Å². The number of nitrogens with zero attached hydrogens (tertiary/aromatic N) is 4. The summed E-state index contributed by atoms with van der Waals surface area (Å²) < 4.78 is 1.46. The standard InChI is InChI=1S/C11H8ClN5/c12-8-6-17(16-10(8)13)11-14-5-7-3-1-2-4-9(7)15-11/h1-6H,(H2,13,16). The maximum atomic E-state index is 5.83. The van der Waals surface area contributed by atoms with Crippen molar-refractivity contribution >= 4 is 28.3 Å². The lowest BCUT2D eigenvalue weighted by atomic mass is 10.2. The number of aromatic nitrogens is 4. The van der Waals surface area contributed by atoms with Crippen molar-refractivity contribution in [3.63, 3.8) is 0 Å². The first-order valence-corrected chi connectivity index (χ1v) is 5.34. The van der Waals surface area contributed by atoms with Crippen LogP contribution in [-0.4, -0.2) is 19.7 Å². The van der Waals surface area contributed by atoms with E-state index in [1.54, 1.807) is 12.4 Å².